The molecule has 0 spiro atoms. The van der Waals surface area contributed by atoms with E-state index >= 15 is 0 Å². The number of pyridine rings is 1. The third-order valence-corrected chi connectivity index (χ3v) is 3.37. The molecule has 1 atom stereocenters. The molecule has 1 N–H and O–H groups in total. The quantitative estimate of drug-likeness (QED) is 0.678. The fourth-order valence-electron chi connectivity index (χ4n) is 0.939. The number of nitrogens with zero attached hydrogens (tertiary/aromatic N) is 1. The van der Waals surface area contributed by atoms with Crippen LogP contribution in [-0.4, -0.2) is 28.1 Å². The van der Waals surface area contributed by atoms with Crippen molar-refractivity contribution in [3.8, 4) is 0 Å². The highest BCUT2D eigenvalue weighted by molar-refractivity contribution is 7.99. The summed E-state index contributed by atoms with van der Waals surface area (Å²) in [6.07, 6.45) is -11.6. The Labute approximate surface area is 112 Å². The molecule has 0 bridgehead atoms. The van der Waals surface area contributed by atoms with Gasteiger partial charge in [-0.1, -0.05) is 11.6 Å². The summed E-state index contributed by atoms with van der Waals surface area (Å²) in [6.45, 7) is 0. The SMILES string of the molecule is OC(CSc1ncc(C(F)(F)F)cc1Cl)C(F)(F)F. The van der Waals surface area contributed by atoms with Crippen LogP contribution in [0.2, 0.25) is 5.02 Å². The second-order valence-electron chi connectivity index (χ2n) is 3.38. The van der Waals surface area contributed by atoms with Crippen LogP contribution in [0.25, 0.3) is 0 Å². The minimum absolute atomic E-state index is 0.210. The Bertz CT molecular complexity index is 449. The average Bonchev–Trinajstić information content (AvgIpc) is 2.24. The van der Waals surface area contributed by atoms with Gasteiger partial charge < -0.3 is 5.11 Å². The Morgan fingerprint density at radius 1 is 1.26 bits per heavy atom. The van der Waals surface area contributed by atoms with Crippen LogP contribution in [0.4, 0.5) is 26.3 Å². The highest BCUT2D eigenvalue weighted by Gasteiger charge is 2.38. The van der Waals surface area contributed by atoms with Gasteiger partial charge in [0.2, 0.25) is 0 Å². The van der Waals surface area contributed by atoms with Crippen molar-refractivity contribution in [3.63, 3.8) is 0 Å². The van der Waals surface area contributed by atoms with Crippen LogP contribution in [0.1, 0.15) is 5.56 Å². The van der Waals surface area contributed by atoms with Crippen LogP contribution in [0.3, 0.4) is 0 Å². The lowest BCUT2D eigenvalue weighted by Crippen LogP contribution is -2.30. The highest BCUT2D eigenvalue weighted by Crippen LogP contribution is 2.34. The fourth-order valence-corrected chi connectivity index (χ4v) is 2.10. The number of rotatable bonds is 3. The molecule has 1 unspecified atom stereocenters. The van der Waals surface area contributed by atoms with Crippen LogP contribution in [0.5, 0.6) is 0 Å². The summed E-state index contributed by atoms with van der Waals surface area (Å²) in [5.74, 6) is -0.804. The molecule has 0 aliphatic heterocycles. The molecular weight excluding hydrogens is 320 g/mol. The van der Waals surface area contributed by atoms with Crippen molar-refractivity contribution in [2.45, 2.75) is 23.5 Å². The van der Waals surface area contributed by atoms with Gasteiger partial charge in [0, 0.05) is 11.9 Å². The summed E-state index contributed by atoms with van der Waals surface area (Å²) in [4.78, 5) is 3.33. The average molecular weight is 326 g/mol. The molecule has 0 saturated heterocycles. The summed E-state index contributed by atoms with van der Waals surface area (Å²) in [7, 11) is 0. The van der Waals surface area contributed by atoms with E-state index in [-0.39, 0.29) is 5.03 Å². The zero-order chi connectivity index (χ0) is 14.8. The molecule has 19 heavy (non-hydrogen) atoms. The molecular formula is C9H6ClF6NOS. The molecule has 0 aromatic carbocycles. The Morgan fingerprint density at radius 3 is 2.26 bits per heavy atom. The van der Waals surface area contributed by atoms with Crippen molar-refractivity contribution in [1.29, 1.82) is 0 Å². The van der Waals surface area contributed by atoms with E-state index in [1.165, 1.54) is 0 Å². The van der Waals surface area contributed by atoms with Crippen LogP contribution in [-0.2, 0) is 6.18 Å². The molecule has 0 radical (unpaired) electrons. The molecule has 1 rings (SSSR count). The zero-order valence-corrected chi connectivity index (χ0v) is 10.5. The minimum Gasteiger partial charge on any atom is -0.383 e. The number of aromatic nitrogens is 1. The van der Waals surface area contributed by atoms with Gasteiger partial charge in [0.25, 0.3) is 0 Å². The van der Waals surface area contributed by atoms with Crippen molar-refractivity contribution in [3.05, 3.63) is 22.8 Å². The summed E-state index contributed by atoms with van der Waals surface area (Å²) in [5, 5.41) is 8.09. The van der Waals surface area contributed by atoms with E-state index in [1.54, 1.807) is 0 Å². The topological polar surface area (TPSA) is 33.1 Å². The molecule has 0 fully saturated rings. The van der Waals surface area contributed by atoms with Gasteiger partial charge in [0.1, 0.15) is 5.03 Å². The largest absolute Gasteiger partial charge is 0.417 e. The maximum atomic E-state index is 12.3. The van der Waals surface area contributed by atoms with Crippen molar-refractivity contribution in [2.75, 3.05) is 5.75 Å². The highest BCUT2D eigenvalue weighted by atomic mass is 35.5. The van der Waals surface area contributed by atoms with E-state index in [1.807, 2.05) is 0 Å². The summed E-state index contributed by atoms with van der Waals surface area (Å²) < 4.78 is 72.8. The van der Waals surface area contributed by atoms with Crippen LogP contribution in [0.15, 0.2) is 17.3 Å². The van der Waals surface area contributed by atoms with Gasteiger partial charge in [-0.05, 0) is 6.07 Å². The maximum absolute atomic E-state index is 12.3. The molecule has 0 aliphatic carbocycles. The number of aliphatic hydroxyl groups excluding tert-OH is 1. The monoisotopic (exact) mass is 325 g/mol. The molecule has 10 heteroatoms. The second-order valence-corrected chi connectivity index (χ2v) is 4.79. The molecule has 0 amide bonds. The number of aliphatic hydroxyl groups is 1. The molecule has 0 saturated carbocycles. The summed E-state index contributed by atoms with van der Waals surface area (Å²) in [6, 6.07) is 0.566. The van der Waals surface area contributed by atoms with Gasteiger partial charge in [-0.3, -0.25) is 0 Å². The normalized spacial score (nSPS) is 14.5. The number of hydrogen-bond acceptors (Lipinski definition) is 3. The number of alkyl halides is 6. The van der Waals surface area contributed by atoms with E-state index in [0.29, 0.717) is 24.0 Å². The predicted octanol–water partition coefficient (Wildman–Crippen LogP) is 3.77. The van der Waals surface area contributed by atoms with Crippen molar-refractivity contribution in [2.24, 2.45) is 0 Å². The van der Waals surface area contributed by atoms with Gasteiger partial charge >= 0.3 is 12.4 Å². The fraction of sp³-hybridized carbons (Fsp3) is 0.444. The first kappa shape index (κ1) is 16.4. The van der Waals surface area contributed by atoms with Gasteiger partial charge in [-0.15, -0.1) is 11.8 Å². The van der Waals surface area contributed by atoms with E-state index in [0.717, 1.165) is 0 Å². The van der Waals surface area contributed by atoms with Crippen molar-refractivity contribution in [1.82, 2.24) is 4.98 Å². The van der Waals surface area contributed by atoms with Gasteiger partial charge in [0.05, 0.1) is 10.6 Å². The molecule has 1 aromatic heterocycles. The zero-order valence-electron chi connectivity index (χ0n) is 8.89. The van der Waals surface area contributed by atoms with Crippen LogP contribution in [0, 0.1) is 0 Å². The molecule has 1 heterocycles. The number of hydrogen-bond donors (Lipinski definition) is 1. The molecule has 1 aromatic rings. The lowest BCUT2D eigenvalue weighted by atomic mass is 10.3. The summed E-state index contributed by atoms with van der Waals surface area (Å²) in [5.41, 5.74) is -1.10. The first-order chi connectivity index (χ1) is 8.51. The van der Waals surface area contributed by atoms with Crippen molar-refractivity contribution >= 4 is 23.4 Å². The predicted molar refractivity (Wildman–Crippen MR) is 57.0 cm³/mol. The summed E-state index contributed by atoms with van der Waals surface area (Å²) >= 11 is 5.91. The molecule has 0 aliphatic rings. The van der Waals surface area contributed by atoms with E-state index in [9.17, 15) is 26.3 Å². The minimum atomic E-state index is -4.80. The first-order valence-corrected chi connectivity index (χ1v) is 5.98. The standard InChI is InChI=1S/C9H6ClF6NOS/c10-5-1-4(8(11,12)13)2-17-7(5)19-3-6(18)9(14,15)16/h1-2,6,18H,3H2. The van der Waals surface area contributed by atoms with E-state index < -0.39 is 34.8 Å². The Kier molecular flexibility index (Phi) is 4.97. The van der Waals surface area contributed by atoms with E-state index in [2.05, 4.69) is 4.98 Å². The van der Waals surface area contributed by atoms with Gasteiger partial charge in [0.15, 0.2) is 6.10 Å². The lowest BCUT2D eigenvalue weighted by molar-refractivity contribution is -0.195. The Morgan fingerprint density at radius 2 is 1.84 bits per heavy atom. The van der Waals surface area contributed by atoms with Gasteiger partial charge in [-0.25, -0.2) is 4.98 Å². The van der Waals surface area contributed by atoms with E-state index in [4.69, 9.17) is 16.7 Å². The third kappa shape index (κ3) is 4.73. The third-order valence-electron chi connectivity index (χ3n) is 1.89. The molecule has 2 nitrogen and oxygen atoms in total. The second kappa shape index (κ2) is 5.76. The number of halogens is 7. The molecule has 108 valence electrons. The van der Waals surface area contributed by atoms with Crippen molar-refractivity contribution < 1.29 is 31.4 Å². The van der Waals surface area contributed by atoms with Crippen LogP contribution >= 0.6 is 23.4 Å². The Balaban J connectivity index is 2.77. The smallest absolute Gasteiger partial charge is 0.383 e. The van der Waals surface area contributed by atoms with Crippen LogP contribution < -0.4 is 0 Å². The van der Waals surface area contributed by atoms with Gasteiger partial charge in [-0.2, -0.15) is 26.3 Å². The first-order valence-electron chi connectivity index (χ1n) is 4.62. The lowest BCUT2D eigenvalue weighted by Gasteiger charge is -2.14. The Hall–Kier alpha value is -0.670. The number of thioether (sulfide) groups is 1. The maximum Gasteiger partial charge on any atom is 0.417 e.